The number of aromatic amines is 1. The fourth-order valence-corrected chi connectivity index (χ4v) is 4.08. The lowest BCUT2D eigenvalue weighted by Gasteiger charge is -2.18. The summed E-state index contributed by atoms with van der Waals surface area (Å²) in [6.45, 7) is 0. The molecule has 3 rings (SSSR count). The molecule has 1 fully saturated rings. The van der Waals surface area contributed by atoms with E-state index in [4.69, 9.17) is 0 Å². The maximum absolute atomic E-state index is 11.7. The zero-order valence-electron chi connectivity index (χ0n) is 11.2. The van der Waals surface area contributed by atoms with Gasteiger partial charge in [-0.3, -0.25) is 4.79 Å². The molecule has 1 aromatic heterocycles. The number of rotatable bonds is 3. The molecule has 0 amide bonds. The van der Waals surface area contributed by atoms with Crippen LogP contribution in [0.1, 0.15) is 17.7 Å². The quantitative estimate of drug-likeness (QED) is 0.752. The minimum atomic E-state index is -0.773. The van der Waals surface area contributed by atoms with E-state index in [0.717, 1.165) is 17.7 Å². The van der Waals surface area contributed by atoms with Crippen LogP contribution in [0.5, 0.6) is 0 Å². The number of H-pyrrole nitrogens is 1. The molecule has 0 aromatic carbocycles. The molecule has 5 nitrogen and oxygen atoms in total. The molecule has 1 heterocycles. The summed E-state index contributed by atoms with van der Waals surface area (Å²) >= 11 is 1.68. The van der Waals surface area contributed by atoms with Gasteiger partial charge in [-0.05, 0) is 36.3 Å². The second kappa shape index (κ2) is 5.35. The Kier molecular flexibility index (Phi) is 3.70. The molecule has 1 aromatic rings. The van der Waals surface area contributed by atoms with Gasteiger partial charge in [-0.15, -0.1) is 0 Å². The number of hydrogen-bond acceptors (Lipinski definition) is 5. The first-order chi connectivity index (χ1) is 9.63. The molecular weight excluding hydrogens is 276 g/mol. The second-order valence-electron chi connectivity index (χ2n) is 5.46. The van der Waals surface area contributed by atoms with Crippen LogP contribution in [-0.4, -0.2) is 44.4 Å². The average molecular weight is 294 g/mol. The highest BCUT2D eigenvalue weighted by molar-refractivity contribution is 7.98. The van der Waals surface area contributed by atoms with Crippen molar-refractivity contribution < 1.29 is 10.2 Å². The monoisotopic (exact) mass is 294 g/mol. The second-order valence-corrected chi connectivity index (χ2v) is 6.37. The van der Waals surface area contributed by atoms with Crippen molar-refractivity contribution in [2.24, 2.45) is 11.8 Å². The predicted octanol–water partition coefficient (Wildman–Crippen LogP) is 0.430. The van der Waals surface area contributed by atoms with Gasteiger partial charge in [0.05, 0.1) is 24.2 Å². The first kappa shape index (κ1) is 13.9. The van der Waals surface area contributed by atoms with Crippen molar-refractivity contribution in [2.75, 3.05) is 12.0 Å². The number of aromatic nitrogens is 2. The highest BCUT2D eigenvalue weighted by atomic mass is 32.2. The van der Waals surface area contributed by atoms with Gasteiger partial charge in [-0.25, -0.2) is 4.98 Å². The van der Waals surface area contributed by atoms with Crippen LogP contribution in [0.15, 0.2) is 17.2 Å². The van der Waals surface area contributed by atoms with Gasteiger partial charge >= 0.3 is 0 Å². The molecule has 3 N–H and O–H groups in total. The molecule has 108 valence electrons. The molecule has 6 heteroatoms. The van der Waals surface area contributed by atoms with Gasteiger partial charge in [0.1, 0.15) is 0 Å². The zero-order valence-corrected chi connectivity index (χ0v) is 12.1. The summed E-state index contributed by atoms with van der Waals surface area (Å²) in [6.07, 6.45) is 5.19. The summed E-state index contributed by atoms with van der Waals surface area (Å²) in [4.78, 5) is 18.6. The van der Waals surface area contributed by atoms with Crippen LogP contribution in [0.3, 0.4) is 0 Å². The SMILES string of the molecule is CSC[C@H]1C[C@@H](C2=CCc3c2nc[nH]c3=O)[C@@H](O)C1O. The molecule has 0 radical (unpaired) electrons. The number of nitrogens with zero attached hydrogens (tertiary/aromatic N) is 1. The number of allylic oxidation sites excluding steroid dienone is 1. The topological polar surface area (TPSA) is 86.2 Å². The van der Waals surface area contributed by atoms with Crippen molar-refractivity contribution in [3.63, 3.8) is 0 Å². The van der Waals surface area contributed by atoms with E-state index < -0.39 is 12.2 Å². The van der Waals surface area contributed by atoms with Crippen LogP contribution < -0.4 is 5.56 Å². The minimum Gasteiger partial charge on any atom is -0.390 e. The van der Waals surface area contributed by atoms with Gasteiger partial charge < -0.3 is 15.2 Å². The number of hydrogen-bond donors (Lipinski definition) is 3. The van der Waals surface area contributed by atoms with Crippen LogP contribution in [0.4, 0.5) is 0 Å². The number of aliphatic hydroxyl groups excluding tert-OH is 2. The van der Waals surface area contributed by atoms with Crippen LogP contribution >= 0.6 is 11.8 Å². The van der Waals surface area contributed by atoms with Gasteiger partial charge in [0.25, 0.3) is 5.56 Å². The van der Waals surface area contributed by atoms with E-state index >= 15 is 0 Å². The normalized spacial score (nSPS) is 32.2. The van der Waals surface area contributed by atoms with E-state index in [-0.39, 0.29) is 17.4 Å². The molecule has 0 spiro atoms. The maximum atomic E-state index is 11.7. The fourth-order valence-electron chi connectivity index (χ4n) is 3.32. The molecule has 0 aliphatic heterocycles. The van der Waals surface area contributed by atoms with Crippen molar-refractivity contribution in [2.45, 2.75) is 25.0 Å². The number of fused-ring (bicyclic) bond motifs is 1. The van der Waals surface area contributed by atoms with Crippen LogP contribution in [0.2, 0.25) is 0 Å². The van der Waals surface area contributed by atoms with Gasteiger partial charge in [0.15, 0.2) is 0 Å². The van der Waals surface area contributed by atoms with Crippen LogP contribution in [0.25, 0.3) is 5.57 Å². The molecule has 1 unspecified atom stereocenters. The Balaban J connectivity index is 1.89. The van der Waals surface area contributed by atoms with E-state index in [1.54, 1.807) is 11.8 Å². The molecule has 2 aliphatic carbocycles. The lowest BCUT2D eigenvalue weighted by Crippen LogP contribution is -2.29. The van der Waals surface area contributed by atoms with Crippen molar-refractivity contribution >= 4 is 17.3 Å². The molecule has 1 saturated carbocycles. The Hall–Kier alpha value is -1.11. The standard InChI is InChI=1S/C14H18N2O3S/c1-20-5-7-4-10(13(18)12(7)17)8-2-3-9-11(8)15-6-16-14(9)19/h2,6-7,10,12-13,17-18H,3-5H2,1H3,(H,15,16,19)/t7-,10+,12?,13-/m1/s1. The van der Waals surface area contributed by atoms with E-state index in [1.807, 2.05) is 12.3 Å². The Morgan fingerprint density at radius 2 is 2.25 bits per heavy atom. The first-order valence-electron chi connectivity index (χ1n) is 6.75. The van der Waals surface area contributed by atoms with Gasteiger partial charge in [0.2, 0.25) is 0 Å². The smallest absolute Gasteiger partial charge is 0.254 e. The number of nitrogens with one attached hydrogen (secondary N) is 1. The van der Waals surface area contributed by atoms with Gasteiger partial charge in [0, 0.05) is 11.5 Å². The van der Waals surface area contributed by atoms with E-state index in [2.05, 4.69) is 9.97 Å². The number of aliphatic hydroxyl groups is 2. The molecule has 4 atom stereocenters. The van der Waals surface area contributed by atoms with E-state index in [9.17, 15) is 15.0 Å². The summed E-state index contributed by atoms with van der Waals surface area (Å²) in [5.74, 6) is 0.798. The summed E-state index contributed by atoms with van der Waals surface area (Å²) in [5, 5.41) is 20.4. The third-order valence-electron chi connectivity index (χ3n) is 4.33. The predicted molar refractivity (Wildman–Crippen MR) is 78.5 cm³/mol. The maximum Gasteiger partial charge on any atom is 0.254 e. The Morgan fingerprint density at radius 1 is 1.45 bits per heavy atom. The van der Waals surface area contributed by atoms with Crippen molar-refractivity contribution in [3.05, 3.63) is 34.0 Å². The Labute approximate surface area is 121 Å². The lowest BCUT2D eigenvalue weighted by atomic mass is 9.93. The van der Waals surface area contributed by atoms with Gasteiger partial charge in [-0.2, -0.15) is 11.8 Å². The van der Waals surface area contributed by atoms with Gasteiger partial charge in [-0.1, -0.05) is 6.08 Å². The molecular formula is C14H18N2O3S. The van der Waals surface area contributed by atoms with Crippen molar-refractivity contribution in [3.8, 4) is 0 Å². The minimum absolute atomic E-state index is 0.0944. The molecule has 0 bridgehead atoms. The summed E-state index contributed by atoms with van der Waals surface area (Å²) in [5.41, 5.74) is 2.16. The third-order valence-corrected chi connectivity index (χ3v) is 5.09. The van der Waals surface area contributed by atoms with Crippen molar-refractivity contribution in [1.29, 1.82) is 0 Å². The lowest BCUT2D eigenvalue weighted by molar-refractivity contribution is 0.0160. The van der Waals surface area contributed by atoms with Crippen LogP contribution in [-0.2, 0) is 6.42 Å². The average Bonchev–Trinajstić information content (AvgIpc) is 2.97. The molecule has 0 saturated heterocycles. The highest BCUT2D eigenvalue weighted by Gasteiger charge is 2.44. The Bertz CT molecular complexity index is 598. The summed E-state index contributed by atoms with van der Waals surface area (Å²) < 4.78 is 0. The Morgan fingerprint density at radius 3 is 3.00 bits per heavy atom. The largest absolute Gasteiger partial charge is 0.390 e. The van der Waals surface area contributed by atoms with Crippen molar-refractivity contribution in [1.82, 2.24) is 9.97 Å². The summed E-state index contributed by atoms with van der Waals surface area (Å²) in [6, 6.07) is 0. The third kappa shape index (κ3) is 2.12. The fraction of sp³-hybridized carbons (Fsp3) is 0.571. The molecule has 20 heavy (non-hydrogen) atoms. The number of thioether (sulfide) groups is 1. The van der Waals surface area contributed by atoms with E-state index in [1.165, 1.54) is 6.33 Å². The highest BCUT2D eigenvalue weighted by Crippen LogP contribution is 2.43. The zero-order chi connectivity index (χ0) is 14.3. The summed E-state index contributed by atoms with van der Waals surface area (Å²) in [7, 11) is 0. The van der Waals surface area contributed by atoms with Crippen LogP contribution in [0, 0.1) is 11.8 Å². The first-order valence-corrected chi connectivity index (χ1v) is 8.15. The van der Waals surface area contributed by atoms with E-state index in [0.29, 0.717) is 17.7 Å². The molecule has 2 aliphatic rings.